The highest BCUT2D eigenvalue weighted by atomic mass is 16.5. The van der Waals surface area contributed by atoms with Crippen LogP contribution in [0.5, 0.6) is 0 Å². The number of unbranched alkanes of at least 4 members (excludes halogenated alkanes) is 1. The van der Waals surface area contributed by atoms with Crippen molar-refractivity contribution in [2.75, 3.05) is 19.7 Å². The fraction of sp³-hybridized carbons (Fsp3) is 0.650. The summed E-state index contributed by atoms with van der Waals surface area (Å²) in [7, 11) is 0. The lowest BCUT2D eigenvalue weighted by molar-refractivity contribution is 0.135. The highest BCUT2D eigenvalue weighted by Crippen LogP contribution is 2.23. The Bertz CT molecular complexity index is 470. The van der Waals surface area contributed by atoms with E-state index in [0.717, 1.165) is 38.9 Å². The summed E-state index contributed by atoms with van der Waals surface area (Å²) in [4.78, 5) is 14.2. The van der Waals surface area contributed by atoms with Crippen LogP contribution in [0.1, 0.15) is 51.5 Å². The Kier molecular flexibility index (Phi) is 8.10. The van der Waals surface area contributed by atoms with Crippen LogP contribution in [0.3, 0.4) is 0 Å². The zero-order valence-electron chi connectivity index (χ0n) is 15.2. The minimum atomic E-state index is -0.266. The summed E-state index contributed by atoms with van der Waals surface area (Å²) in [5.74, 6) is 0.697. The molecular formula is C20H32N2O2. The molecule has 0 bridgehead atoms. The molecule has 4 nitrogen and oxygen atoms in total. The van der Waals surface area contributed by atoms with E-state index in [2.05, 4.69) is 54.4 Å². The fourth-order valence-electron chi connectivity index (χ4n) is 3.33. The number of nitrogens with one attached hydrogen (secondary N) is 1. The second kappa shape index (κ2) is 10.3. The lowest BCUT2D eigenvalue weighted by Crippen LogP contribution is -2.38. The Balaban J connectivity index is 1.62. The smallest absolute Gasteiger partial charge is 0.407 e. The zero-order valence-corrected chi connectivity index (χ0v) is 15.2. The monoisotopic (exact) mass is 332 g/mol. The highest BCUT2D eigenvalue weighted by molar-refractivity contribution is 5.67. The largest absolute Gasteiger partial charge is 0.450 e. The number of carbonyl (C=O) groups is 1. The number of carbonyl (C=O) groups excluding carboxylic acids is 1. The van der Waals surface area contributed by atoms with Gasteiger partial charge in [-0.05, 0) is 57.2 Å². The molecule has 1 fully saturated rings. The molecule has 1 saturated heterocycles. The Labute approximate surface area is 146 Å². The van der Waals surface area contributed by atoms with Crippen molar-refractivity contribution in [3.05, 3.63) is 35.9 Å². The minimum Gasteiger partial charge on any atom is -0.450 e. The minimum absolute atomic E-state index is 0.185. The molecule has 4 heteroatoms. The number of piperidine rings is 1. The molecule has 1 unspecified atom stereocenters. The van der Waals surface area contributed by atoms with Crippen LogP contribution in [-0.2, 0) is 11.3 Å². The third-order valence-electron chi connectivity index (χ3n) is 4.74. The van der Waals surface area contributed by atoms with E-state index >= 15 is 0 Å². The summed E-state index contributed by atoms with van der Waals surface area (Å²) in [6, 6.07) is 10.9. The van der Waals surface area contributed by atoms with E-state index in [1.807, 2.05) is 0 Å². The maximum Gasteiger partial charge on any atom is 0.407 e. The Morgan fingerprint density at radius 3 is 2.67 bits per heavy atom. The molecule has 1 aliphatic rings. The van der Waals surface area contributed by atoms with Crippen LogP contribution in [0.15, 0.2) is 30.3 Å². The van der Waals surface area contributed by atoms with Crippen molar-refractivity contribution in [1.82, 2.24) is 10.2 Å². The molecule has 0 aromatic heterocycles. The Morgan fingerprint density at radius 1 is 1.29 bits per heavy atom. The van der Waals surface area contributed by atoms with Gasteiger partial charge in [0.1, 0.15) is 0 Å². The summed E-state index contributed by atoms with van der Waals surface area (Å²) in [6.45, 7) is 8.03. The molecule has 1 amide bonds. The number of nitrogens with zero attached hydrogens (tertiary/aromatic N) is 1. The lowest BCUT2D eigenvalue weighted by Gasteiger charge is -2.33. The molecule has 24 heavy (non-hydrogen) atoms. The van der Waals surface area contributed by atoms with E-state index in [1.54, 1.807) is 0 Å². The van der Waals surface area contributed by atoms with Gasteiger partial charge in [-0.2, -0.15) is 0 Å². The van der Waals surface area contributed by atoms with Gasteiger partial charge in [0.15, 0.2) is 0 Å². The third-order valence-corrected chi connectivity index (χ3v) is 4.74. The van der Waals surface area contributed by atoms with Crippen molar-refractivity contribution in [1.29, 1.82) is 0 Å². The van der Waals surface area contributed by atoms with Gasteiger partial charge >= 0.3 is 6.09 Å². The molecule has 1 aromatic carbocycles. The van der Waals surface area contributed by atoms with Gasteiger partial charge in [0.05, 0.1) is 6.61 Å². The summed E-state index contributed by atoms with van der Waals surface area (Å²) in [6.07, 6.45) is 5.18. The summed E-state index contributed by atoms with van der Waals surface area (Å²) >= 11 is 0. The van der Waals surface area contributed by atoms with E-state index in [1.165, 1.54) is 18.4 Å². The number of hydrogen-bond donors (Lipinski definition) is 1. The number of likely N-dealkylation sites (tertiary alicyclic amines) is 1. The molecule has 1 aromatic rings. The molecule has 0 spiro atoms. The first-order chi connectivity index (χ1) is 11.7. The van der Waals surface area contributed by atoms with Gasteiger partial charge in [0.2, 0.25) is 0 Å². The first kappa shape index (κ1) is 18.8. The van der Waals surface area contributed by atoms with Crippen LogP contribution in [0, 0.1) is 5.92 Å². The average Bonchev–Trinajstić information content (AvgIpc) is 2.58. The molecular weight excluding hydrogens is 300 g/mol. The van der Waals surface area contributed by atoms with Crippen LogP contribution in [0.25, 0.3) is 0 Å². The molecule has 1 N–H and O–H groups in total. The molecule has 2 rings (SSSR count). The van der Waals surface area contributed by atoms with Gasteiger partial charge < -0.3 is 10.1 Å². The SMILES string of the molecule is CCCCOC(=O)NC(C)CC1CCN(Cc2ccccc2)CC1. The van der Waals surface area contributed by atoms with Crippen LogP contribution in [-0.4, -0.2) is 36.7 Å². The predicted molar refractivity (Wildman–Crippen MR) is 97.9 cm³/mol. The lowest BCUT2D eigenvalue weighted by atomic mass is 9.90. The topological polar surface area (TPSA) is 41.6 Å². The average molecular weight is 332 g/mol. The van der Waals surface area contributed by atoms with E-state index in [0.29, 0.717) is 12.5 Å². The Morgan fingerprint density at radius 2 is 2.00 bits per heavy atom. The number of alkyl carbamates (subject to hydrolysis) is 1. The molecule has 0 radical (unpaired) electrons. The quantitative estimate of drug-likeness (QED) is 0.725. The first-order valence-corrected chi connectivity index (χ1v) is 9.37. The van der Waals surface area contributed by atoms with Crippen LogP contribution < -0.4 is 5.32 Å². The zero-order chi connectivity index (χ0) is 17.2. The number of hydrogen-bond acceptors (Lipinski definition) is 3. The van der Waals surface area contributed by atoms with E-state index in [-0.39, 0.29) is 12.1 Å². The van der Waals surface area contributed by atoms with E-state index in [4.69, 9.17) is 4.74 Å². The van der Waals surface area contributed by atoms with Gasteiger partial charge in [-0.3, -0.25) is 4.90 Å². The number of ether oxygens (including phenoxy) is 1. The van der Waals surface area contributed by atoms with Crippen LogP contribution in [0.2, 0.25) is 0 Å². The second-order valence-electron chi connectivity index (χ2n) is 6.98. The van der Waals surface area contributed by atoms with E-state index in [9.17, 15) is 4.79 Å². The molecule has 134 valence electrons. The predicted octanol–water partition coefficient (Wildman–Crippen LogP) is 4.20. The Hall–Kier alpha value is -1.55. The van der Waals surface area contributed by atoms with Crippen molar-refractivity contribution >= 4 is 6.09 Å². The number of benzene rings is 1. The molecule has 0 saturated carbocycles. The van der Waals surface area contributed by atoms with Crippen molar-refractivity contribution in [2.24, 2.45) is 5.92 Å². The van der Waals surface area contributed by atoms with E-state index < -0.39 is 0 Å². The number of amides is 1. The summed E-state index contributed by atoms with van der Waals surface area (Å²) < 4.78 is 5.17. The maximum atomic E-state index is 11.7. The second-order valence-corrected chi connectivity index (χ2v) is 6.98. The molecule has 1 heterocycles. The standard InChI is InChI=1S/C20H32N2O2/c1-3-4-14-24-20(23)21-17(2)15-18-10-12-22(13-11-18)16-19-8-6-5-7-9-19/h5-9,17-18H,3-4,10-16H2,1-2H3,(H,21,23). The summed E-state index contributed by atoms with van der Waals surface area (Å²) in [5.41, 5.74) is 1.39. The third kappa shape index (κ3) is 6.91. The normalized spacial score (nSPS) is 17.4. The molecule has 1 aliphatic heterocycles. The number of rotatable bonds is 8. The van der Waals surface area contributed by atoms with Crippen LogP contribution in [0.4, 0.5) is 4.79 Å². The highest BCUT2D eigenvalue weighted by Gasteiger charge is 2.21. The molecule has 1 atom stereocenters. The first-order valence-electron chi connectivity index (χ1n) is 9.37. The van der Waals surface area contributed by atoms with Gasteiger partial charge in [-0.25, -0.2) is 4.79 Å². The fourth-order valence-corrected chi connectivity index (χ4v) is 3.33. The van der Waals surface area contributed by atoms with Crippen LogP contribution >= 0.6 is 0 Å². The van der Waals surface area contributed by atoms with Gasteiger partial charge in [-0.15, -0.1) is 0 Å². The van der Waals surface area contributed by atoms with Crippen molar-refractivity contribution in [2.45, 2.75) is 58.5 Å². The van der Waals surface area contributed by atoms with Gasteiger partial charge in [0.25, 0.3) is 0 Å². The van der Waals surface area contributed by atoms with Gasteiger partial charge in [-0.1, -0.05) is 43.7 Å². The maximum absolute atomic E-state index is 11.7. The van der Waals surface area contributed by atoms with Gasteiger partial charge in [0, 0.05) is 12.6 Å². The van der Waals surface area contributed by atoms with Crippen molar-refractivity contribution in [3.63, 3.8) is 0 Å². The van der Waals surface area contributed by atoms with Crippen molar-refractivity contribution in [3.8, 4) is 0 Å². The summed E-state index contributed by atoms with van der Waals surface area (Å²) in [5, 5.41) is 2.96. The van der Waals surface area contributed by atoms with Crippen molar-refractivity contribution < 1.29 is 9.53 Å². The molecule has 0 aliphatic carbocycles.